The smallest absolute Gasteiger partial charge is 0.153 e. The van der Waals surface area contributed by atoms with Crippen LogP contribution in [0.1, 0.15) is 38.6 Å². The first kappa shape index (κ1) is 8.48. The summed E-state index contributed by atoms with van der Waals surface area (Å²) in [4.78, 5) is 4.23. The summed E-state index contributed by atoms with van der Waals surface area (Å²) in [5.74, 6) is 1.53. The molecule has 0 saturated carbocycles. The van der Waals surface area contributed by atoms with Crippen LogP contribution >= 0.6 is 0 Å². The Labute approximate surface area is 78.5 Å². The van der Waals surface area contributed by atoms with Crippen LogP contribution in [-0.2, 0) is 0 Å². The quantitative estimate of drug-likeness (QED) is 0.693. The summed E-state index contributed by atoms with van der Waals surface area (Å²) in [6, 6.07) is 0.481. The number of fused-ring (bicyclic) bond motifs is 1. The van der Waals surface area contributed by atoms with Gasteiger partial charge < -0.3 is 0 Å². The van der Waals surface area contributed by atoms with Crippen molar-refractivity contribution in [2.45, 2.75) is 32.7 Å². The van der Waals surface area contributed by atoms with Crippen molar-refractivity contribution >= 4 is 5.57 Å². The summed E-state index contributed by atoms with van der Waals surface area (Å²) in [6.45, 7) is 8.49. The molecule has 0 spiro atoms. The Bertz CT molecular complexity index is 327. The lowest BCUT2D eigenvalue weighted by Crippen LogP contribution is -2.11. The Morgan fingerprint density at radius 2 is 2.23 bits per heavy atom. The largest absolute Gasteiger partial charge is 0.242 e. The lowest BCUT2D eigenvalue weighted by Gasteiger charge is -2.16. The molecule has 0 amide bonds. The zero-order chi connectivity index (χ0) is 9.42. The predicted octanol–water partition coefficient (Wildman–Crippen LogP) is 2.28. The fourth-order valence-electron chi connectivity index (χ4n) is 2.27. The number of rotatable bonds is 2. The van der Waals surface area contributed by atoms with Crippen LogP contribution in [0, 0.1) is 5.92 Å². The lowest BCUT2D eigenvalue weighted by atomic mass is 9.92. The third kappa shape index (κ3) is 1.03. The van der Waals surface area contributed by atoms with E-state index in [1.165, 1.54) is 0 Å². The van der Waals surface area contributed by atoms with Crippen LogP contribution in [0.5, 0.6) is 0 Å². The van der Waals surface area contributed by atoms with Gasteiger partial charge in [0.2, 0.25) is 0 Å². The fraction of sp³-hybridized carbons (Fsp3) is 0.600. The molecule has 3 nitrogen and oxygen atoms in total. The Morgan fingerprint density at radius 1 is 1.46 bits per heavy atom. The standard InChI is InChI=1S/C10H15N3/c1-4-8-7(3)10-11-6-12-13(10)9(8)5-2/h6,8-9H,3-5H2,1-2H3/t8-,9-/m0/s1. The maximum atomic E-state index is 4.24. The molecule has 1 aliphatic heterocycles. The molecule has 1 aliphatic rings. The van der Waals surface area contributed by atoms with Crippen LogP contribution in [0.2, 0.25) is 0 Å². The summed E-state index contributed by atoms with van der Waals surface area (Å²) in [6.07, 6.45) is 3.85. The molecule has 2 heterocycles. The van der Waals surface area contributed by atoms with E-state index >= 15 is 0 Å². The molecule has 0 bridgehead atoms. The second-order valence-electron chi connectivity index (χ2n) is 3.54. The van der Waals surface area contributed by atoms with Crippen molar-refractivity contribution in [1.29, 1.82) is 0 Å². The van der Waals surface area contributed by atoms with Gasteiger partial charge in [-0.1, -0.05) is 20.4 Å². The average molecular weight is 177 g/mol. The molecule has 13 heavy (non-hydrogen) atoms. The van der Waals surface area contributed by atoms with Gasteiger partial charge in [0.05, 0.1) is 6.04 Å². The van der Waals surface area contributed by atoms with Crippen molar-refractivity contribution in [2.24, 2.45) is 5.92 Å². The maximum Gasteiger partial charge on any atom is 0.153 e. The van der Waals surface area contributed by atoms with Crippen molar-refractivity contribution in [3.05, 3.63) is 18.7 Å². The third-order valence-corrected chi connectivity index (χ3v) is 2.94. The second kappa shape index (κ2) is 2.98. The van der Waals surface area contributed by atoms with E-state index in [0.29, 0.717) is 12.0 Å². The molecule has 0 aliphatic carbocycles. The van der Waals surface area contributed by atoms with Crippen molar-refractivity contribution in [3.8, 4) is 0 Å². The molecule has 70 valence electrons. The molecule has 0 unspecified atom stereocenters. The molecule has 0 N–H and O–H groups in total. The molecule has 2 atom stereocenters. The van der Waals surface area contributed by atoms with E-state index < -0.39 is 0 Å². The number of hydrogen-bond acceptors (Lipinski definition) is 2. The van der Waals surface area contributed by atoms with Crippen molar-refractivity contribution < 1.29 is 0 Å². The Morgan fingerprint density at radius 3 is 2.85 bits per heavy atom. The van der Waals surface area contributed by atoms with Gasteiger partial charge in [0.25, 0.3) is 0 Å². The van der Waals surface area contributed by atoms with Gasteiger partial charge >= 0.3 is 0 Å². The molecule has 0 aromatic carbocycles. The topological polar surface area (TPSA) is 30.7 Å². The highest BCUT2D eigenvalue weighted by Crippen LogP contribution is 2.41. The summed E-state index contributed by atoms with van der Waals surface area (Å²) in [5, 5.41) is 4.24. The third-order valence-electron chi connectivity index (χ3n) is 2.94. The normalized spacial score (nSPS) is 26.5. The minimum atomic E-state index is 0.481. The van der Waals surface area contributed by atoms with Gasteiger partial charge in [-0.25, -0.2) is 9.67 Å². The highest BCUT2D eigenvalue weighted by Gasteiger charge is 2.34. The van der Waals surface area contributed by atoms with E-state index in [9.17, 15) is 0 Å². The highest BCUT2D eigenvalue weighted by molar-refractivity contribution is 5.63. The maximum absolute atomic E-state index is 4.24. The number of nitrogens with zero attached hydrogens (tertiary/aromatic N) is 3. The Balaban J connectivity index is 2.43. The first-order chi connectivity index (χ1) is 6.29. The van der Waals surface area contributed by atoms with E-state index in [1.54, 1.807) is 6.33 Å². The molecule has 0 saturated heterocycles. The number of allylic oxidation sites excluding steroid dienone is 1. The Kier molecular flexibility index (Phi) is 1.94. The summed E-state index contributed by atoms with van der Waals surface area (Å²) in [7, 11) is 0. The highest BCUT2D eigenvalue weighted by atomic mass is 15.4. The molecular formula is C10H15N3. The number of aromatic nitrogens is 3. The number of hydrogen-bond donors (Lipinski definition) is 0. The Hall–Kier alpha value is -1.12. The van der Waals surface area contributed by atoms with Crippen molar-refractivity contribution in [1.82, 2.24) is 14.8 Å². The van der Waals surface area contributed by atoms with Crippen LogP contribution in [0.3, 0.4) is 0 Å². The van der Waals surface area contributed by atoms with Gasteiger partial charge in [0.1, 0.15) is 6.33 Å². The van der Waals surface area contributed by atoms with Gasteiger partial charge in [0, 0.05) is 5.92 Å². The van der Waals surface area contributed by atoms with E-state index in [4.69, 9.17) is 0 Å². The zero-order valence-corrected chi connectivity index (χ0v) is 8.20. The van der Waals surface area contributed by atoms with Gasteiger partial charge in [-0.05, 0) is 18.4 Å². The van der Waals surface area contributed by atoms with Crippen molar-refractivity contribution in [3.63, 3.8) is 0 Å². The molecule has 2 rings (SSSR count). The SMILES string of the molecule is C=C1c2ncnn2[C@@H](CC)[C@H]1CC. The van der Waals surface area contributed by atoms with E-state index in [-0.39, 0.29) is 0 Å². The zero-order valence-electron chi connectivity index (χ0n) is 8.20. The van der Waals surface area contributed by atoms with E-state index in [1.807, 2.05) is 4.68 Å². The van der Waals surface area contributed by atoms with Gasteiger partial charge in [0.15, 0.2) is 5.82 Å². The molecule has 0 fully saturated rings. The first-order valence-electron chi connectivity index (χ1n) is 4.88. The van der Waals surface area contributed by atoms with Crippen molar-refractivity contribution in [2.75, 3.05) is 0 Å². The van der Waals surface area contributed by atoms with Gasteiger partial charge in [-0.3, -0.25) is 0 Å². The first-order valence-corrected chi connectivity index (χ1v) is 4.88. The van der Waals surface area contributed by atoms with Crippen LogP contribution in [0.4, 0.5) is 0 Å². The van der Waals surface area contributed by atoms with Crippen LogP contribution < -0.4 is 0 Å². The molecule has 0 radical (unpaired) electrons. The molecule has 1 aromatic rings. The molecule has 1 aromatic heterocycles. The van der Waals surface area contributed by atoms with Crippen LogP contribution in [0.15, 0.2) is 12.9 Å². The van der Waals surface area contributed by atoms with Gasteiger partial charge in [-0.2, -0.15) is 5.10 Å². The average Bonchev–Trinajstić information content (AvgIpc) is 2.67. The summed E-state index contributed by atoms with van der Waals surface area (Å²) in [5.41, 5.74) is 1.16. The fourth-order valence-corrected chi connectivity index (χ4v) is 2.27. The van der Waals surface area contributed by atoms with E-state index in [0.717, 1.165) is 24.2 Å². The minimum Gasteiger partial charge on any atom is -0.242 e. The van der Waals surface area contributed by atoms with Crippen LogP contribution in [-0.4, -0.2) is 14.8 Å². The minimum absolute atomic E-state index is 0.481. The predicted molar refractivity (Wildman–Crippen MR) is 52.2 cm³/mol. The monoisotopic (exact) mass is 177 g/mol. The van der Waals surface area contributed by atoms with Crippen LogP contribution in [0.25, 0.3) is 5.57 Å². The van der Waals surface area contributed by atoms with E-state index in [2.05, 4.69) is 30.5 Å². The van der Waals surface area contributed by atoms with Gasteiger partial charge in [-0.15, -0.1) is 0 Å². The summed E-state index contributed by atoms with van der Waals surface area (Å²) >= 11 is 0. The summed E-state index contributed by atoms with van der Waals surface area (Å²) < 4.78 is 2.02. The second-order valence-corrected chi connectivity index (χ2v) is 3.54. The lowest BCUT2D eigenvalue weighted by molar-refractivity contribution is 0.376. The molecule has 3 heteroatoms. The molecular weight excluding hydrogens is 162 g/mol.